The van der Waals surface area contributed by atoms with E-state index in [0.717, 1.165) is 17.5 Å². The standard InChI is InChI=1S/C18H23N5O2S/c1-4-23-16(12-5-6-12)20-21-18(23)26-11-15(24)19-14-9-7-13(8-10-14)17(25)22(2)3/h7-10,12H,4-6,11H2,1-3H3,(H,19,24). The highest BCUT2D eigenvalue weighted by Gasteiger charge is 2.30. The van der Waals surface area contributed by atoms with Crippen molar-refractivity contribution < 1.29 is 9.59 Å². The lowest BCUT2D eigenvalue weighted by Crippen LogP contribution is -2.21. The minimum atomic E-state index is -0.111. The van der Waals surface area contributed by atoms with Gasteiger partial charge in [0.2, 0.25) is 5.91 Å². The molecule has 1 heterocycles. The summed E-state index contributed by atoms with van der Waals surface area (Å²) in [5.74, 6) is 1.66. The largest absolute Gasteiger partial charge is 0.345 e. The van der Waals surface area contributed by atoms with Crippen molar-refractivity contribution in [1.29, 1.82) is 0 Å². The van der Waals surface area contributed by atoms with E-state index in [1.807, 2.05) is 0 Å². The zero-order valence-corrected chi connectivity index (χ0v) is 16.0. The highest BCUT2D eigenvalue weighted by molar-refractivity contribution is 7.99. The molecular weight excluding hydrogens is 350 g/mol. The lowest BCUT2D eigenvalue weighted by atomic mass is 10.2. The number of thioether (sulfide) groups is 1. The molecule has 1 aliphatic rings. The van der Waals surface area contributed by atoms with Gasteiger partial charge in [0.15, 0.2) is 5.16 Å². The summed E-state index contributed by atoms with van der Waals surface area (Å²) in [5.41, 5.74) is 1.26. The predicted molar refractivity (Wildman–Crippen MR) is 101 cm³/mol. The Morgan fingerprint density at radius 2 is 1.92 bits per heavy atom. The van der Waals surface area contributed by atoms with E-state index in [9.17, 15) is 9.59 Å². The summed E-state index contributed by atoms with van der Waals surface area (Å²) in [6.07, 6.45) is 2.35. The van der Waals surface area contributed by atoms with Gasteiger partial charge in [0.25, 0.3) is 5.91 Å². The molecule has 0 unspecified atom stereocenters. The number of carbonyl (C=O) groups excluding carboxylic acids is 2. The third kappa shape index (κ3) is 4.24. The Kier molecular flexibility index (Phi) is 5.61. The van der Waals surface area contributed by atoms with E-state index >= 15 is 0 Å². The van der Waals surface area contributed by atoms with Crippen molar-refractivity contribution in [2.75, 3.05) is 25.2 Å². The van der Waals surface area contributed by atoms with Crippen LogP contribution in [0.3, 0.4) is 0 Å². The summed E-state index contributed by atoms with van der Waals surface area (Å²) in [4.78, 5) is 25.6. The minimum absolute atomic E-state index is 0.0659. The number of aromatic nitrogens is 3. The van der Waals surface area contributed by atoms with Gasteiger partial charge in [-0.3, -0.25) is 9.59 Å². The zero-order chi connectivity index (χ0) is 18.7. The van der Waals surface area contributed by atoms with Gasteiger partial charge in [-0.25, -0.2) is 0 Å². The van der Waals surface area contributed by atoms with Crippen LogP contribution in [0.5, 0.6) is 0 Å². The molecule has 8 heteroatoms. The van der Waals surface area contributed by atoms with Crippen LogP contribution in [0.2, 0.25) is 0 Å². The van der Waals surface area contributed by atoms with E-state index in [1.165, 1.54) is 29.5 Å². The van der Waals surface area contributed by atoms with Crippen molar-refractivity contribution in [3.8, 4) is 0 Å². The Morgan fingerprint density at radius 3 is 2.50 bits per heavy atom. The molecule has 3 rings (SSSR count). The number of carbonyl (C=O) groups is 2. The first kappa shape index (κ1) is 18.4. The van der Waals surface area contributed by atoms with Crippen LogP contribution in [0, 0.1) is 0 Å². The molecule has 1 aliphatic carbocycles. The minimum Gasteiger partial charge on any atom is -0.345 e. The number of amides is 2. The van der Waals surface area contributed by atoms with E-state index in [-0.39, 0.29) is 17.6 Å². The molecule has 2 aromatic rings. The van der Waals surface area contributed by atoms with E-state index in [1.54, 1.807) is 38.4 Å². The van der Waals surface area contributed by atoms with Gasteiger partial charge in [0, 0.05) is 37.8 Å². The molecule has 0 atom stereocenters. The maximum Gasteiger partial charge on any atom is 0.253 e. The number of hydrogen-bond donors (Lipinski definition) is 1. The molecule has 1 fully saturated rings. The third-order valence-corrected chi connectivity index (χ3v) is 5.13. The summed E-state index contributed by atoms with van der Waals surface area (Å²) in [5, 5.41) is 12.1. The number of benzene rings is 1. The van der Waals surface area contributed by atoms with Gasteiger partial charge in [-0.15, -0.1) is 10.2 Å². The van der Waals surface area contributed by atoms with Crippen LogP contribution in [0.4, 0.5) is 5.69 Å². The van der Waals surface area contributed by atoms with Crippen molar-refractivity contribution in [3.05, 3.63) is 35.7 Å². The Hall–Kier alpha value is -2.35. The molecule has 0 saturated heterocycles. The average molecular weight is 373 g/mol. The molecule has 1 aromatic heterocycles. The lowest BCUT2D eigenvalue weighted by Gasteiger charge is -2.11. The van der Waals surface area contributed by atoms with Crippen LogP contribution >= 0.6 is 11.8 Å². The van der Waals surface area contributed by atoms with Gasteiger partial charge in [-0.05, 0) is 44.0 Å². The third-order valence-electron chi connectivity index (χ3n) is 4.16. The van der Waals surface area contributed by atoms with Crippen molar-refractivity contribution in [2.45, 2.75) is 37.4 Å². The van der Waals surface area contributed by atoms with Crippen LogP contribution in [0.1, 0.15) is 41.9 Å². The molecule has 0 radical (unpaired) electrons. The summed E-state index contributed by atoms with van der Waals surface area (Å²) in [6.45, 7) is 2.88. The van der Waals surface area contributed by atoms with Crippen LogP contribution in [0.25, 0.3) is 0 Å². The SMILES string of the molecule is CCn1c(SCC(=O)Nc2ccc(C(=O)N(C)C)cc2)nnc1C1CC1. The summed E-state index contributed by atoms with van der Waals surface area (Å²) >= 11 is 1.39. The highest BCUT2D eigenvalue weighted by Crippen LogP contribution is 2.39. The molecular formula is C18H23N5O2S. The van der Waals surface area contributed by atoms with E-state index < -0.39 is 0 Å². The molecule has 1 aromatic carbocycles. The van der Waals surface area contributed by atoms with Crippen molar-refractivity contribution in [2.24, 2.45) is 0 Å². The number of rotatable bonds is 7. The first-order valence-electron chi connectivity index (χ1n) is 8.67. The first-order valence-corrected chi connectivity index (χ1v) is 9.65. The fourth-order valence-electron chi connectivity index (χ4n) is 2.63. The smallest absolute Gasteiger partial charge is 0.253 e. The van der Waals surface area contributed by atoms with Gasteiger partial charge in [-0.2, -0.15) is 0 Å². The Bertz CT molecular complexity index is 796. The van der Waals surface area contributed by atoms with Gasteiger partial charge < -0.3 is 14.8 Å². The molecule has 0 aliphatic heterocycles. The van der Waals surface area contributed by atoms with Gasteiger partial charge in [0.1, 0.15) is 5.82 Å². The summed E-state index contributed by atoms with van der Waals surface area (Å²) in [7, 11) is 3.41. The van der Waals surface area contributed by atoms with Gasteiger partial charge >= 0.3 is 0 Å². The average Bonchev–Trinajstić information content (AvgIpc) is 3.39. The molecule has 1 N–H and O–H groups in total. The van der Waals surface area contributed by atoms with Gasteiger partial charge in [0.05, 0.1) is 5.75 Å². The number of nitrogens with one attached hydrogen (secondary N) is 1. The Balaban J connectivity index is 1.55. The van der Waals surface area contributed by atoms with Crippen molar-refractivity contribution in [3.63, 3.8) is 0 Å². The van der Waals surface area contributed by atoms with Crippen LogP contribution < -0.4 is 5.32 Å². The quantitative estimate of drug-likeness (QED) is 0.755. The monoisotopic (exact) mass is 373 g/mol. The first-order chi connectivity index (χ1) is 12.5. The van der Waals surface area contributed by atoms with E-state index in [0.29, 0.717) is 17.2 Å². The summed E-state index contributed by atoms with van der Waals surface area (Å²) in [6, 6.07) is 6.89. The molecule has 2 amide bonds. The predicted octanol–water partition coefficient (Wildman–Crippen LogP) is 2.61. The molecule has 26 heavy (non-hydrogen) atoms. The van der Waals surface area contributed by atoms with Crippen molar-refractivity contribution in [1.82, 2.24) is 19.7 Å². The van der Waals surface area contributed by atoms with Crippen LogP contribution in [-0.2, 0) is 11.3 Å². The van der Waals surface area contributed by atoms with Gasteiger partial charge in [-0.1, -0.05) is 11.8 Å². The normalized spacial score (nSPS) is 13.5. The van der Waals surface area contributed by atoms with E-state index in [2.05, 4.69) is 27.0 Å². The molecule has 1 saturated carbocycles. The maximum atomic E-state index is 12.2. The second-order valence-electron chi connectivity index (χ2n) is 6.47. The highest BCUT2D eigenvalue weighted by atomic mass is 32.2. The zero-order valence-electron chi connectivity index (χ0n) is 15.2. The molecule has 0 bridgehead atoms. The second kappa shape index (κ2) is 7.90. The number of nitrogens with zero attached hydrogens (tertiary/aromatic N) is 4. The molecule has 7 nitrogen and oxygen atoms in total. The van der Waals surface area contributed by atoms with E-state index in [4.69, 9.17) is 0 Å². The maximum absolute atomic E-state index is 12.2. The number of hydrogen-bond acceptors (Lipinski definition) is 5. The lowest BCUT2D eigenvalue weighted by molar-refractivity contribution is -0.113. The Morgan fingerprint density at radius 1 is 1.23 bits per heavy atom. The summed E-state index contributed by atoms with van der Waals surface area (Å²) < 4.78 is 2.09. The topological polar surface area (TPSA) is 80.1 Å². The van der Waals surface area contributed by atoms with Crippen LogP contribution in [0.15, 0.2) is 29.4 Å². The molecule has 0 spiro atoms. The fraction of sp³-hybridized carbons (Fsp3) is 0.444. The Labute approximate surface area is 157 Å². The fourth-order valence-corrected chi connectivity index (χ4v) is 3.44. The number of anilines is 1. The van der Waals surface area contributed by atoms with Crippen molar-refractivity contribution >= 4 is 29.3 Å². The van der Waals surface area contributed by atoms with Crippen LogP contribution in [-0.4, -0.2) is 51.3 Å². The molecule has 138 valence electrons. The second-order valence-corrected chi connectivity index (χ2v) is 7.42.